The van der Waals surface area contributed by atoms with E-state index in [1.165, 1.54) is 14.2 Å². The van der Waals surface area contributed by atoms with Crippen molar-refractivity contribution in [2.75, 3.05) is 19.5 Å². The number of esters is 2. The van der Waals surface area contributed by atoms with Crippen molar-refractivity contribution in [1.29, 1.82) is 0 Å². The predicted molar refractivity (Wildman–Crippen MR) is 92.3 cm³/mol. The van der Waals surface area contributed by atoms with Crippen LogP contribution < -0.4 is 5.32 Å². The van der Waals surface area contributed by atoms with Crippen LogP contribution in [0.1, 0.15) is 48.6 Å². The topological polar surface area (TPSA) is 99.5 Å². The number of ether oxygens (including phenoxy) is 2. The number of hydrogen-bond donors (Lipinski definition) is 1. The fourth-order valence-electron chi connectivity index (χ4n) is 2.31. The number of carbonyl (C=O) groups is 3. The molecule has 134 valence electrons. The molecule has 0 aromatic carbocycles. The minimum absolute atomic E-state index is 0.141. The van der Waals surface area contributed by atoms with E-state index >= 15 is 0 Å². The molecule has 25 heavy (non-hydrogen) atoms. The molecule has 0 atom stereocenters. The standard InChI is InChI=1S/C16H19N3O5S/c1-6-19-7-10(9(3)18-19)13(20)17-14-11(15(21)23-4)8(2)12(25-14)16(22)24-5/h7H,6H2,1-5H3,(H,17,20). The van der Waals surface area contributed by atoms with Crippen LogP contribution in [-0.2, 0) is 16.0 Å². The summed E-state index contributed by atoms with van der Waals surface area (Å²) in [6.45, 7) is 5.87. The first-order valence-electron chi connectivity index (χ1n) is 7.49. The third-order valence-corrected chi connectivity index (χ3v) is 4.84. The summed E-state index contributed by atoms with van der Waals surface area (Å²) in [6.07, 6.45) is 1.63. The normalized spacial score (nSPS) is 10.4. The highest BCUT2D eigenvalue weighted by molar-refractivity contribution is 7.18. The van der Waals surface area contributed by atoms with E-state index in [1.807, 2.05) is 6.92 Å². The summed E-state index contributed by atoms with van der Waals surface area (Å²) < 4.78 is 11.1. The van der Waals surface area contributed by atoms with E-state index in [0.717, 1.165) is 11.3 Å². The van der Waals surface area contributed by atoms with E-state index in [1.54, 1.807) is 24.7 Å². The molecule has 1 N–H and O–H groups in total. The van der Waals surface area contributed by atoms with Crippen molar-refractivity contribution in [3.8, 4) is 0 Å². The highest BCUT2D eigenvalue weighted by Gasteiger charge is 2.27. The zero-order valence-electron chi connectivity index (χ0n) is 14.6. The van der Waals surface area contributed by atoms with Crippen molar-refractivity contribution >= 4 is 34.2 Å². The maximum atomic E-state index is 12.6. The number of thiophene rings is 1. The Kier molecular flexibility index (Phi) is 5.58. The number of methoxy groups -OCH3 is 2. The number of aryl methyl sites for hydroxylation is 2. The molecular weight excluding hydrogens is 346 g/mol. The number of nitrogens with zero attached hydrogens (tertiary/aromatic N) is 2. The van der Waals surface area contributed by atoms with E-state index in [2.05, 4.69) is 10.4 Å². The van der Waals surface area contributed by atoms with Crippen LogP contribution in [0, 0.1) is 13.8 Å². The minimum Gasteiger partial charge on any atom is -0.465 e. The number of aromatic nitrogens is 2. The molecule has 8 nitrogen and oxygen atoms in total. The Morgan fingerprint density at radius 1 is 1.20 bits per heavy atom. The second kappa shape index (κ2) is 7.47. The zero-order chi connectivity index (χ0) is 18.7. The summed E-state index contributed by atoms with van der Waals surface area (Å²) in [6, 6.07) is 0. The zero-order valence-corrected chi connectivity index (χ0v) is 15.4. The summed E-state index contributed by atoms with van der Waals surface area (Å²) in [5.74, 6) is -1.64. The van der Waals surface area contributed by atoms with Gasteiger partial charge in [-0.15, -0.1) is 11.3 Å². The van der Waals surface area contributed by atoms with Crippen LogP contribution in [0.5, 0.6) is 0 Å². The molecule has 0 aliphatic carbocycles. The first-order chi connectivity index (χ1) is 11.8. The van der Waals surface area contributed by atoms with Crippen LogP contribution in [0.15, 0.2) is 6.20 Å². The van der Waals surface area contributed by atoms with Gasteiger partial charge in [0, 0.05) is 12.7 Å². The molecule has 2 aromatic rings. The lowest BCUT2D eigenvalue weighted by Gasteiger charge is -2.05. The summed E-state index contributed by atoms with van der Waals surface area (Å²) in [5.41, 5.74) is 1.51. The average molecular weight is 365 g/mol. The highest BCUT2D eigenvalue weighted by Crippen LogP contribution is 2.34. The van der Waals surface area contributed by atoms with Gasteiger partial charge in [0.2, 0.25) is 0 Å². The Hall–Kier alpha value is -2.68. The van der Waals surface area contributed by atoms with Gasteiger partial charge in [-0.2, -0.15) is 5.10 Å². The molecule has 0 radical (unpaired) electrons. The lowest BCUT2D eigenvalue weighted by atomic mass is 10.1. The second-order valence-corrected chi connectivity index (χ2v) is 6.20. The Morgan fingerprint density at radius 2 is 1.84 bits per heavy atom. The molecule has 1 amide bonds. The maximum Gasteiger partial charge on any atom is 0.348 e. The fourth-order valence-corrected chi connectivity index (χ4v) is 3.42. The molecule has 0 fully saturated rings. The number of carbonyl (C=O) groups excluding carboxylic acids is 3. The quantitative estimate of drug-likeness (QED) is 0.817. The third-order valence-electron chi connectivity index (χ3n) is 3.65. The fraction of sp³-hybridized carbons (Fsp3) is 0.375. The van der Waals surface area contributed by atoms with E-state index in [0.29, 0.717) is 23.4 Å². The minimum atomic E-state index is -0.639. The molecule has 9 heteroatoms. The van der Waals surface area contributed by atoms with Gasteiger partial charge >= 0.3 is 11.9 Å². The lowest BCUT2D eigenvalue weighted by molar-refractivity contribution is 0.0601. The SMILES string of the molecule is CCn1cc(C(=O)Nc2sc(C(=O)OC)c(C)c2C(=O)OC)c(C)n1. The van der Waals surface area contributed by atoms with Gasteiger partial charge in [-0.1, -0.05) is 0 Å². The van der Waals surface area contributed by atoms with Crippen molar-refractivity contribution < 1.29 is 23.9 Å². The molecule has 0 saturated heterocycles. The van der Waals surface area contributed by atoms with Gasteiger partial charge in [0.15, 0.2) is 0 Å². The Balaban J connectivity index is 2.43. The molecule has 0 unspecified atom stereocenters. The Labute approximate surface area is 148 Å². The summed E-state index contributed by atoms with van der Waals surface area (Å²) in [5, 5.41) is 7.14. The average Bonchev–Trinajstić information content (AvgIpc) is 3.13. The summed E-state index contributed by atoms with van der Waals surface area (Å²) >= 11 is 0.969. The number of amides is 1. The maximum absolute atomic E-state index is 12.6. The van der Waals surface area contributed by atoms with Crippen LogP contribution in [0.3, 0.4) is 0 Å². The van der Waals surface area contributed by atoms with Crippen LogP contribution >= 0.6 is 11.3 Å². The van der Waals surface area contributed by atoms with E-state index < -0.39 is 17.8 Å². The van der Waals surface area contributed by atoms with Gasteiger partial charge < -0.3 is 14.8 Å². The van der Waals surface area contributed by atoms with Crippen LogP contribution in [0.4, 0.5) is 5.00 Å². The molecule has 2 rings (SSSR count). The summed E-state index contributed by atoms with van der Waals surface area (Å²) in [4.78, 5) is 36.7. The van der Waals surface area contributed by atoms with Crippen molar-refractivity contribution in [1.82, 2.24) is 9.78 Å². The molecular formula is C16H19N3O5S. The summed E-state index contributed by atoms with van der Waals surface area (Å²) in [7, 11) is 2.48. The molecule has 0 aliphatic heterocycles. The van der Waals surface area contributed by atoms with Gasteiger partial charge in [-0.05, 0) is 26.3 Å². The predicted octanol–water partition coefficient (Wildman–Crippen LogP) is 2.41. The Bertz CT molecular complexity index is 837. The second-order valence-electron chi connectivity index (χ2n) is 5.18. The van der Waals surface area contributed by atoms with Gasteiger partial charge in [0.25, 0.3) is 5.91 Å². The van der Waals surface area contributed by atoms with Crippen LogP contribution in [0.25, 0.3) is 0 Å². The number of nitrogens with one attached hydrogen (secondary N) is 1. The highest BCUT2D eigenvalue weighted by atomic mass is 32.1. The van der Waals surface area contributed by atoms with Crippen molar-refractivity contribution in [2.24, 2.45) is 0 Å². The van der Waals surface area contributed by atoms with Crippen LogP contribution in [-0.4, -0.2) is 41.8 Å². The molecule has 0 spiro atoms. The molecule has 2 aromatic heterocycles. The Morgan fingerprint density at radius 3 is 2.36 bits per heavy atom. The first kappa shape index (κ1) is 18.7. The lowest BCUT2D eigenvalue weighted by Crippen LogP contribution is -2.14. The van der Waals surface area contributed by atoms with Gasteiger partial charge in [0.1, 0.15) is 9.88 Å². The largest absolute Gasteiger partial charge is 0.465 e. The van der Waals surface area contributed by atoms with Crippen molar-refractivity contribution in [2.45, 2.75) is 27.3 Å². The number of anilines is 1. The molecule has 0 saturated carbocycles. The van der Waals surface area contributed by atoms with Crippen LogP contribution in [0.2, 0.25) is 0 Å². The van der Waals surface area contributed by atoms with E-state index in [-0.39, 0.29) is 15.4 Å². The third kappa shape index (κ3) is 3.55. The first-order valence-corrected chi connectivity index (χ1v) is 8.31. The molecule has 0 bridgehead atoms. The number of rotatable bonds is 5. The molecule has 0 aliphatic rings. The van der Waals surface area contributed by atoms with Crippen molar-refractivity contribution in [3.05, 3.63) is 33.5 Å². The van der Waals surface area contributed by atoms with Gasteiger partial charge in [-0.25, -0.2) is 9.59 Å². The van der Waals surface area contributed by atoms with E-state index in [9.17, 15) is 14.4 Å². The van der Waals surface area contributed by atoms with Gasteiger partial charge in [-0.3, -0.25) is 9.48 Å². The monoisotopic (exact) mass is 365 g/mol. The van der Waals surface area contributed by atoms with E-state index in [4.69, 9.17) is 9.47 Å². The van der Waals surface area contributed by atoms with Crippen molar-refractivity contribution in [3.63, 3.8) is 0 Å². The molecule has 2 heterocycles. The number of hydrogen-bond acceptors (Lipinski definition) is 7. The van der Waals surface area contributed by atoms with Gasteiger partial charge in [0.05, 0.1) is 31.0 Å². The smallest absolute Gasteiger partial charge is 0.348 e.